The van der Waals surface area contributed by atoms with Crippen molar-refractivity contribution in [3.63, 3.8) is 0 Å². The van der Waals surface area contributed by atoms with Gasteiger partial charge in [0.05, 0.1) is 15.8 Å². The monoisotopic (exact) mass is 298 g/mol. The number of amides is 1. The fourth-order valence-corrected chi connectivity index (χ4v) is 1.95. The maximum Gasteiger partial charge on any atom is 0.264 e. The fraction of sp³-hybridized carbons (Fsp3) is 0.231. The molecule has 100 valence electrons. The minimum Gasteiger partial charge on any atom is -0.382 e. The highest BCUT2D eigenvalue weighted by atomic mass is 35.5. The predicted molar refractivity (Wildman–Crippen MR) is 75.7 cm³/mol. The Balaban J connectivity index is 2.03. The highest BCUT2D eigenvalue weighted by Gasteiger charge is 2.28. The van der Waals surface area contributed by atoms with Gasteiger partial charge in [0.25, 0.3) is 5.91 Å². The quantitative estimate of drug-likeness (QED) is 0.869. The maximum absolute atomic E-state index is 11.7. The van der Waals surface area contributed by atoms with Gasteiger partial charge in [-0.3, -0.25) is 4.79 Å². The Bertz CT molecular complexity index is 543. The summed E-state index contributed by atoms with van der Waals surface area (Å²) < 4.78 is 0. The van der Waals surface area contributed by atoms with Crippen LogP contribution in [0.1, 0.15) is 12.0 Å². The van der Waals surface area contributed by atoms with Gasteiger partial charge in [0.1, 0.15) is 0 Å². The second kappa shape index (κ2) is 6.08. The molecule has 19 heavy (non-hydrogen) atoms. The molecule has 1 amide bonds. The summed E-state index contributed by atoms with van der Waals surface area (Å²) in [5.41, 5.74) is 1.48. The van der Waals surface area contributed by atoms with Crippen LogP contribution in [0.5, 0.6) is 0 Å². The first-order valence-electron chi connectivity index (χ1n) is 5.68. The van der Waals surface area contributed by atoms with Crippen LogP contribution in [-0.4, -0.2) is 24.3 Å². The van der Waals surface area contributed by atoms with E-state index < -0.39 is 6.10 Å². The van der Waals surface area contributed by atoms with Gasteiger partial charge in [-0.1, -0.05) is 40.5 Å². The first kappa shape index (κ1) is 13.9. The molecular weight excluding hydrogens is 287 g/mol. The molecule has 0 fully saturated rings. The molecule has 1 N–H and O–H groups in total. The Morgan fingerprint density at radius 3 is 3.00 bits per heavy atom. The van der Waals surface area contributed by atoms with Crippen LogP contribution in [0.15, 0.2) is 36.0 Å². The molecule has 0 bridgehead atoms. The summed E-state index contributed by atoms with van der Waals surface area (Å²) in [4.78, 5) is 16.8. The van der Waals surface area contributed by atoms with Gasteiger partial charge < -0.3 is 10.2 Å². The van der Waals surface area contributed by atoms with E-state index in [9.17, 15) is 4.79 Å². The van der Waals surface area contributed by atoms with Crippen LogP contribution in [0.3, 0.4) is 0 Å². The van der Waals surface area contributed by atoms with Crippen molar-refractivity contribution in [3.05, 3.63) is 46.5 Å². The summed E-state index contributed by atoms with van der Waals surface area (Å²) in [5, 5.41) is 7.50. The summed E-state index contributed by atoms with van der Waals surface area (Å²) in [6.45, 7) is 3.93. The molecule has 6 heteroatoms. The number of nitrogens with one attached hydrogen (secondary N) is 1. The Morgan fingerprint density at radius 2 is 2.32 bits per heavy atom. The Labute approximate surface area is 121 Å². The van der Waals surface area contributed by atoms with Crippen LogP contribution >= 0.6 is 23.2 Å². The SMILES string of the molecule is C=CCNC(=O)C1CC(c2ccc(Cl)c(Cl)c2)=NO1. The van der Waals surface area contributed by atoms with Gasteiger partial charge in [0.15, 0.2) is 0 Å². The van der Waals surface area contributed by atoms with Crippen LogP contribution in [0.25, 0.3) is 0 Å². The van der Waals surface area contributed by atoms with Gasteiger partial charge >= 0.3 is 0 Å². The van der Waals surface area contributed by atoms with Gasteiger partial charge in [-0.25, -0.2) is 0 Å². The van der Waals surface area contributed by atoms with Gasteiger partial charge in [-0.2, -0.15) is 0 Å². The van der Waals surface area contributed by atoms with E-state index in [1.165, 1.54) is 0 Å². The van der Waals surface area contributed by atoms with Crippen molar-refractivity contribution in [1.82, 2.24) is 5.32 Å². The maximum atomic E-state index is 11.7. The zero-order valence-electron chi connectivity index (χ0n) is 10.0. The number of rotatable bonds is 4. The summed E-state index contributed by atoms with van der Waals surface area (Å²) in [6, 6.07) is 5.18. The first-order chi connectivity index (χ1) is 9.11. The third kappa shape index (κ3) is 3.28. The normalized spacial score (nSPS) is 17.6. The zero-order chi connectivity index (χ0) is 13.8. The van der Waals surface area contributed by atoms with E-state index in [0.29, 0.717) is 28.7 Å². The first-order valence-corrected chi connectivity index (χ1v) is 6.44. The van der Waals surface area contributed by atoms with Crippen LogP contribution in [0.2, 0.25) is 10.0 Å². The smallest absolute Gasteiger partial charge is 0.264 e. The standard InChI is InChI=1S/C13H12Cl2N2O2/c1-2-5-16-13(18)12-7-11(17-19-12)8-3-4-9(14)10(15)6-8/h2-4,6,12H,1,5,7H2,(H,16,18). The van der Waals surface area contributed by atoms with Crippen molar-refractivity contribution in [2.24, 2.45) is 5.16 Å². The van der Waals surface area contributed by atoms with E-state index in [1.807, 2.05) is 0 Å². The molecular formula is C13H12Cl2N2O2. The van der Waals surface area contributed by atoms with E-state index in [0.717, 1.165) is 5.56 Å². The molecule has 0 saturated carbocycles. The third-order valence-electron chi connectivity index (χ3n) is 2.63. The predicted octanol–water partition coefficient (Wildman–Crippen LogP) is 2.79. The summed E-state index contributed by atoms with van der Waals surface area (Å²) in [7, 11) is 0. The molecule has 1 atom stereocenters. The molecule has 2 rings (SSSR count). The molecule has 1 unspecified atom stereocenters. The number of nitrogens with zero attached hydrogens (tertiary/aromatic N) is 1. The van der Waals surface area contributed by atoms with Crippen LogP contribution in [0, 0.1) is 0 Å². The molecule has 0 spiro atoms. The number of hydrogen-bond donors (Lipinski definition) is 1. The highest BCUT2D eigenvalue weighted by Crippen LogP contribution is 2.25. The second-order valence-electron chi connectivity index (χ2n) is 4.00. The lowest BCUT2D eigenvalue weighted by atomic mass is 10.0. The molecule has 1 heterocycles. The number of oxime groups is 1. The van der Waals surface area contributed by atoms with E-state index in [4.69, 9.17) is 28.0 Å². The van der Waals surface area contributed by atoms with Crippen LogP contribution in [0.4, 0.5) is 0 Å². The average molecular weight is 299 g/mol. The molecule has 0 radical (unpaired) electrons. The number of hydrogen-bond acceptors (Lipinski definition) is 3. The Morgan fingerprint density at radius 1 is 1.53 bits per heavy atom. The fourth-order valence-electron chi connectivity index (χ4n) is 1.65. The number of halogens is 2. The van der Waals surface area contributed by atoms with E-state index in [2.05, 4.69) is 17.1 Å². The molecule has 0 aliphatic carbocycles. The minimum absolute atomic E-state index is 0.210. The van der Waals surface area contributed by atoms with Crippen molar-refractivity contribution in [2.45, 2.75) is 12.5 Å². The third-order valence-corrected chi connectivity index (χ3v) is 3.37. The van der Waals surface area contributed by atoms with Crippen molar-refractivity contribution in [3.8, 4) is 0 Å². The van der Waals surface area contributed by atoms with Gasteiger partial charge in [0.2, 0.25) is 6.10 Å². The highest BCUT2D eigenvalue weighted by molar-refractivity contribution is 6.42. The van der Waals surface area contributed by atoms with Crippen LogP contribution in [-0.2, 0) is 9.63 Å². The summed E-state index contributed by atoms with van der Waals surface area (Å²) in [6.07, 6.45) is 1.40. The lowest BCUT2D eigenvalue weighted by Crippen LogP contribution is -2.34. The topological polar surface area (TPSA) is 50.7 Å². The zero-order valence-corrected chi connectivity index (χ0v) is 11.5. The summed E-state index contributed by atoms with van der Waals surface area (Å²) in [5.74, 6) is -0.210. The van der Waals surface area contributed by atoms with E-state index in [1.54, 1.807) is 24.3 Å². The van der Waals surface area contributed by atoms with Crippen LogP contribution < -0.4 is 5.32 Å². The molecule has 0 saturated heterocycles. The summed E-state index contributed by atoms with van der Waals surface area (Å²) >= 11 is 11.8. The van der Waals surface area contributed by atoms with E-state index in [-0.39, 0.29) is 5.91 Å². The molecule has 1 aromatic carbocycles. The molecule has 4 nitrogen and oxygen atoms in total. The minimum atomic E-state index is -0.607. The molecule has 1 aliphatic rings. The van der Waals surface area contributed by atoms with Gasteiger partial charge in [0, 0.05) is 18.5 Å². The van der Waals surface area contributed by atoms with Crippen molar-refractivity contribution in [2.75, 3.05) is 6.54 Å². The van der Waals surface area contributed by atoms with E-state index >= 15 is 0 Å². The Hall–Kier alpha value is -1.52. The molecule has 1 aromatic rings. The largest absolute Gasteiger partial charge is 0.382 e. The number of benzene rings is 1. The van der Waals surface area contributed by atoms with Crippen molar-refractivity contribution >= 4 is 34.8 Å². The lowest BCUT2D eigenvalue weighted by Gasteiger charge is -2.07. The Kier molecular flexibility index (Phi) is 4.45. The van der Waals surface area contributed by atoms with Gasteiger partial charge in [-0.15, -0.1) is 6.58 Å². The van der Waals surface area contributed by atoms with Crippen molar-refractivity contribution in [1.29, 1.82) is 0 Å². The molecule has 1 aliphatic heterocycles. The molecule has 0 aromatic heterocycles. The van der Waals surface area contributed by atoms with Crippen molar-refractivity contribution < 1.29 is 9.63 Å². The van der Waals surface area contributed by atoms with Gasteiger partial charge in [-0.05, 0) is 12.1 Å². The lowest BCUT2D eigenvalue weighted by molar-refractivity contribution is -0.130. The average Bonchev–Trinajstić information content (AvgIpc) is 2.89. The number of carbonyl (C=O) groups is 1. The second-order valence-corrected chi connectivity index (χ2v) is 4.81. The number of carbonyl (C=O) groups excluding carboxylic acids is 1.